The maximum absolute atomic E-state index is 13.7. The molecule has 2 N–H and O–H groups in total. The Kier molecular flexibility index (Phi) is 8.73. The van der Waals surface area contributed by atoms with Gasteiger partial charge in [-0.3, -0.25) is 9.36 Å². The van der Waals surface area contributed by atoms with Crippen LogP contribution in [-0.4, -0.2) is 30.1 Å². The largest absolute Gasteiger partial charge is 0.480 e. The van der Waals surface area contributed by atoms with Gasteiger partial charge in [0, 0.05) is 7.11 Å². The van der Waals surface area contributed by atoms with E-state index in [1.165, 1.54) is 7.11 Å². The van der Waals surface area contributed by atoms with Crippen LogP contribution in [0.3, 0.4) is 0 Å². The maximum Gasteiger partial charge on any atom is 0.342 e. The van der Waals surface area contributed by atoms with E-state index in [0.717, 1.165) is 11.1 Å². The number of para-hydroxylation sites is 1. The highest BCUT2D eigenvalue weighted by atomic mass is 31.2. The van der Waals surface area contributed by atoms with Gasteiger partial charge >= 0.3 is 13.5 Å². The fourth-order valence-electron chi connectivity index (χ4n) is 3.36. The Labute approximate surface area is 169 Å². The molecule has 7 heteroatoms. The van der Waals surface area contributed by atoms with Gasteiger partial charge in [0.1, 0.15) is 17.6 Å². The van der Waals surface area contributed by atoms with E-state index in [1.807, 2.05) is 59.7 Å². The highest BCUT2D eigenvalue weighted by molar-refractivity contribution is 7.57. The predicted octanol–water partition coefficient (Wildman–Crippen LogP) is 5.59. The quantitative estimate of drug-likeness (QED) is 0.460. The smallest absolute Gasteiger partial charge is 0.342 e. The molecule has 6 nitrogen and oxygen atoms in total. The first-order valence-electron chi connectivity index (χ1n) is 9.78. The Bertz CT molecular complexity index is 690. The number of carbonyl (C=O) groups is 1. The number of nitrogens with one attached hydrogen (secondary N) is 1. The molecule has 1 aromatic carbocycles. The number of rotatable bonds is 11. The van der Waals surface area contributed by atoms with Crippen molar-refractivity contribution >= 4 is 13.5 Å². The molecule has 0 spiro atoms. The lowest BCUT2D eigenvalue weighted by Crippen LogP contribution is -2.49. The molecule has 0 bridgehead atoms. The fourth-order valence-corrected chi connectivity index (χ4v) is 5.31. The topological polar surface area (TPSA) is 84.9 Å². The van der Waals surface area contributed by atoms with E-state index in [-0.39, 0.29) is 24.1 Å². The van der Waals surface area contributed by atoms with Gasteiger partial charge < -0.3 is 14.4 Å². The van der Waals surface area contributed by atoms with E-state index in [9.17, 15) is 14.5 Å². The summed E-state index contributed by atoms with van der Waals surface area (Å²) >= 11 is 0. The van der Waals surface area contributed by atoms with Gasteiger partial charge in [0.2, 0.25) is 0 Å². The van der Waals surface area contributed by atoms with Crippen LogP contribution in [0.4, 0.5) is 0 Å². The minimum absolute atomic E-state index is 0.0961. The monoisotopic (exact) mass is 413 g/mol. The molecule has 0 saturated heterocycles. The van der Waals surface area contributed by atoms with Crippen molar-refractivity contribution in [2.75, 3.05) is 13.5 Å². The van der Waals surface area contributed by atoms with Gasteiger partial charge in [0.05, 0.1) is 0 Å². The van der Waals surface area contributed by atoms with E-state index in [4.69, 9.17) is 9.26 Å². The van der Waals surface area contributed by atoms with Gasteiger partial charge in [-0.2, -0.15) is 0 Å². The third kappa shape index (κ3) is 6.33. The van der Waals surface area contributed by atoms with Gasteiger partial charge in [-0.1, -0.05) is 59.7 Å². The van der Waals surface area contributed by atoms with E-state index in [2.05, 4.69) is 5.09 Å². The Morgan fingerprint density at radius 3 is 2.00 bits per heavy atom. The van der Waals surface area contributed by atoms with Crippen molar-refractivity contribution in [2.24, 2.45) is 5.92 Å². The lowest BCUT2D eigenvalue weighted by atomic mass is 9.92. The second kappa shape index (κ2) is 9.91. The van der Waals surface area contributed by atoms with Gasteiger partial charge in [-0.15, -0.1) is 0 Å². The molecular formula is C21H36NO5P. The first-order chi connectivity index (χ1) is 12.8. The molecule has 1 rings (SSSR count). The molecule has 0 aromatic heterocycles. The van der Waals surface area contributed by atoms with Crippen molar-refractivity contribution in [2.45, 2.75) is 72.3 Å². The number of hydrogen-bond donors (Lipinski definition) is 2. The summed E-state index contributed by atoms with van der Waals surface area (Å²) in [7, 11) is -2.23. The minimum atomic E-state index is -3.66. The molecule has 2 atom stereocenters. The average Bonchev–Trinajstić information content (AvgIpc) is 2.53. The first kappa shape index (κ1) is 24.7. The predicted molar refractivity (Wildman–Crippen MR) is 113 cm³/mol. The maximum atomic E-state index is 13.7. The highest BCUT2D eigenvalue weighted by Crippen LogP contribution is 2.49. The van der Waals surface area contributed by atoms with E-state index >= 15 is 0 Å². The van der Waals surface area contributed by atoms with Gasteiger partial charge in [-0.05, 0) is 42.2 Å². The Balaban J connectivity index is 3.44. The van der Waals surface area contributed by atoms with Gasteiger partial charge in [0.15, 0.2) is 0 Å². The van der Waals surface area contributed by atoms with Crippen molar-refractivity contribution in [3.8, 4) is 5.75 Å². The van der Waals surface area contributed by atoms with Crippen molar-refractivity contribution in [3.63, 3.8) is 0 Å². The van der Waals surface area contributed by atoms with Gasteiger partial charge in [-0.25, -0.2) is 5.09 Å². The third-order valence-electron chi connectivity index (χ3n) is 4.56. The third-order valence-corrected chi connectivity index (χ3v) is 6.47. The molecule has 0 fully saturated rings. The van der Waals surface area contributed by atoms with Crippen LogP contribution in [0.25, 0.3) is 0 Å². The van der Waals surface area contributed by atoms with Crippen LogP contribution in [0.15, 0.2) is 18.2 Å². The Morgan fingerprint density at radius 1 is 1.14 bits per heavy atom. The SMILES string of the molecule is COCP(=O)(NC(C)(CC(C)C)C(=O)O)Oc1c(C(C)C)cccc1C(C)C. The summed E-state index contributed by atoms with van der Waals surface area (Å²) in [4.78, 5) is 12.0. The summed E-state index contributed by atoms with van der Waals surface area (Å²) in [6.07, 6.45) is 0.0835. The zero-order valence-electron chi connectivity index (χ0n) is 18.4. The molecule has 0 heterocycles. The molecule has 0 aliphatic heterocycles. The summed E-state index contributed by atoms with van der Waals surface area (Å²) in [6, 6.07) is 5.87. The van der Waals surface area contributed by atoms with Crippen LogP contribution in [0, 0.1) is 5.92 Å². The molecule has 0 amide bonds. The number of methoxy groups -OCH3 is 1. The number of aliphatic carboxylic acids is 1. The zero-order valence-corrected chi connectivity index (χ0v) is 19.3. The molecular weight excluding hydrogens is 377 g/mol. The Hall–Kier alpha value is -1.36. The molecule has 0 aliphatic rings. The van der Waals surface area contributed by atoms with Crippen LogP contribution in [0.5, 0.6) is 5.75 Å². The summed E-state index contributed by atoms with van der Waals surface area (Å²) in [5.41, 5.74) is 0.475. The standard InChI is InChI=1S/C21H36NO5P/c1-14(2)12-21(7,20(23)24)22-28(25,13-26-8)27-19-17(15(3)4)10-9-11-18(19)16(5)6/h9-11,14-16H,12-13H2,1-8H3,(H,22,25)(H,23,24). The number of carboxylic acids is 1. The second-order valence-corrected chi connectivity index (χ2v) is 10.6. The zero-order chi connectivity index (χ0) is 21.7. The number of ether oxygens (including phenoxy) is 1. The lowest BCUT2D eigenvalue weighted by Gasteiger charge is -2.33. The fraction of sp³-hybridized carbons (Fsp3) is 0.667. The van der Waals surface area contributed by atoms with Crippen molar-refractivity contribution in [3.05, 3.63) is 29.3 Å². The van der Waals surface area contributed by atoms with Crippen molar-refractivity contribution < 1.29 is 23.7 Å². The number of carboxylic acid groups (broad SMARTS) is 1. The van der Waals surface area contributed by atoms with E-state index in [0.29, 0.717) is 12.2 Å². The van der Waals surface area contributed by atoms with Crippen molar-refractivity contribution in [1.82, 2.24) is 5.09 Å². The number of benzene rings is 1. The molecule has 28 heavy (non-hydrogen) atoms. The summed E-state index contributed by atoms with van der Waals surface area (Å²) in [5.74, 6) is -0.101. The summed E-state index contributed by atoms with van der Waals surface area (Å²) in [5, 5.41) is 12.6. The normalized spacial score (nSPS) is 16.2. The average molecular weight is 413 g/mol. The first-order valence-corrected chi connectivity index (χ1v) is 11.6. The summed E-state index contributed by atoms with van der Waals surface area (Å²) in [6.45, 7) is 13.6. The molecule has 1 aromatic rings. The Morgan fingerprint density at radius 2 is 1.64 bits per heavy atom. The van der Waals surface area contributed by atoms with Crippen molar-refractivity contribution in [1.29, 1.82) is 0 Å². The molecule has 2 unspecified atom stereocenters. The molecule has 0 radical (unpaired) electrons. The lowest BCUT2D eigenvalue weighted by molar-refractivity contribution is -0.144. The van der Waals surface area contributed by atoms with Crippen LogP contribution in [-0.2, 0) is 14.1 Å². The van der Waals surface area contributed by atoms with Crippen LogP contribution >= 0.6 is 7.52 Å². The van der Waals surface area contributed by atoms with Crippen LogP contribution in [0.2, 0.25) is 0 Å². The highest BCUT2D eigenvalue weighted by Gasteiger charge is 2.42. The van der Waals surface area contributed by atoms with Crippen LogP contribution < -0.4 is 9.61 Å². The van der Waals surface area contributed by atoms with Crippen LogP contribution in [0.1, 0.15) is 77.8 Å². The second-order valence-electron chi connectivity index (χ2n) is 8.60. The molecule has 0 aliphatic carbocycles. The molecule has 0 saturated carbocycles. The minimum Gasteiger partial charge on any atom is -0.480 e. The van der Waals surface area contributed by atoms with E-state index in [1.54, 1.807) is 6.92 Å². The summed E-state index contributed by atoms with van der Waals surface area (Å²) < 4.78 is 25.0. The van der Waals surface area contributed by atoms with E-state index < -0.39 is 19.0 Å². The molecule has 160 valence electrons. The van der Waals surface area contributed by atoms with Gasteiger partial charge in [0.25, 0.3) is 0 Å². The number of hydrogen-bond acceptors (Lipinski definition) is 4.